The Kier molecular flexibility index (Phi) is 4.39. The van der Waals surface area contributed by atoms with Crippen LogP contribution in [0.25, 0.3) is 5.65 Å². The Morgan fingerprint density at radius 3 is 2.50 bits per heavy atom. The van der Waals surface area contributed by atoms with Gasteiger partial charge in [-0.25, -0.2) is 0 Å². The number of hydrogen-bond acceptors (Lipinski definition) is 5. The molecule has 0 radical (unpaired) electrons. The molecule has 0 N–H and O–H groups in total. The van der Waals surface area contributed by atoms with E-state index in [0.29, 0.717) is 5.92 Å². The first-order valence-corrected chi connectivity index (χ1v) is 9.42. The molecule has 4 heterocycles. The van der Waals surface area contributed by atoms with Gasteiger partial charge >= 0.3 is 0 Å². The molecule has 24 heavy (non-hydrogen) atoms. The van der Waals surface area contributed by atoms with Gasteiger partial charge in [-0.05, 0) is 50.8 Å². The zero-order chi connectivity index (χ0) is 16.5. The molecular formula is C18H28N6. The number of piperidine rings is 2. The van der Waals surface area contributed by atoms with Crippen LogP contribution in [-0.4, -0.2) is 56.9 Å². The van der Waals surface area contributed by atoms with Crippen LogP contribution in [0, 0.1) is 0 Å². The van der Waals surface area contributed by atoms with Crippen molar-refractivity contribution in [3.8, 4) is 0 Å². The molecule has 0 bridgehead atoms. The minimum atomic E-state index is 0.404. The monoisotopic (exact) mass is 328 g/mol. The van der Waals surface area contributed by atoms with Crippen molar-refractivity contribution >= 4 is 11.3 Å². The van der Waals surface area contributed by atoms with Gasteiger partial charge in [-0.15, -0.1) is 10.2 Å². The highest BCUT2D eigenvalue weighted by Gasteiger charge is 2.27. The first-order chi connectivity index (χ1) is 11.7. The third-order valence-corrected chi connectivity index (χ3v) is 5.57. The average molecular weight is 328 g/mol. The fourth-order valence-corrected chi connectivity index (χ4v) is 4.10. The first-order valence-electron chi connectivity index (χ1n) is 9.42. The Balaban J connectivity index is 1.52. The highest BCUT2D eigenvalue weighted by molar-refractivity contribution is 5.68. The summed E-state index contributed by atoms with van der Waals surface area (Å²) in [6, 6.07) is 2.98. The summed E-state index contributed by atoms with van der Waals surface area (Å²) < 4.78 is 1.83. The molecule has 2 fully saturated rings. The second-order valence-corrected chi connectivity index (χ2v) is 7.52. The second kappa shape index (κ2) is 6.67. The van der Waals surface area contributed by atoms with E-state index in [1.54, 1.807) is 6.33 Å². The fourth-order valence-electron chi connectivity index (χ4n) is 4.10. The summed E-state index contributed by atoms with van der Waals surface area (Å²) in [5.74, 6) is 0.404. The third kappa shape index (κ3) is 2.99. The largest absolute Gasteiger partial charge is 0.368 e. The average Bonchev–Trinajstić information content (AvgIpc) is 3.10. The molecule has 2 aliphatic heterocycles. The number of anilines is 1. The first kappa shape index (κ1) is 15.8. The van der Waals surface area contributed by atoms with Crippen molar-refractivity contribution in [2.24, 2.45) is 0 Å². The van der Waals surface area contributed by atoms with Crippen LogP contribution in [0.5, 0.6) is 0 Å². The molecule has 0 unspecified atom stereocenters. The van der Waals surface area contributed by atoms with Crippen molar-refractivity contribution in [3.63, 3.8) is 0 Å². The zero-order valence-electron chi connectivity index (χ0n) is 14.9. The lowest BCUT2D eigenvalue weighted by Crippen LogP contribution is -2.46. The van der Waals surface area contributed by atoms with Gasteiger partial charge in [-0.2, -0.15) is 9.61 Å². The minimum Gasteiger partial charge on any atom is -0.368 e. The van der Waals surface area contributed by atoms with Crippen molar-refractivity contribution in [3.05, 3.63) is 18.1 Å². The van der Waals surface area contributed by atoms with Crippen LogP contribution < -0.4 is 4.90 Å². The second-order valence-electron chi connectivity index (χ2n) is 7.52. The fraction of sp³-hybridized carbons (Fsp3) is 0.722. The normalized spacial score (nSPS) is 21.0. The molecule has 130 valence electrons. The van der Waals surface area contributed by atoms with Crippen LogP contribution in [0.2, 0.25) is 0 Å². The maximum Gasteiger partial charge on any atom is 0.200 e. The Hall–Kier alpha value is -1.69. The van der Waals surface area contributed by atoms with Crippen molar-refractivity contribution < 1.29 is 0 Å². The van der Waals surface area contributed by atoms with E-state index in [2.05, 4.69) is 45.0 Å². The van der Waals surface area contributed by atoms with Gasteiger partial charge < -0.3 is 9.80 Å². The van der Waals surface area contributed by atoms with Crippen molar-refractivity contribution in [2.75, 3.05) is 31.1 Å². The molecule has 2 aliphatic rings. The maximum absolute atomic E-state index is 4.64. The minimum absolute atomic E-state index is 0.404. The summed E-state index contributed by atoms with van der Waals surface area (Å²) >= 11 is 0. The number of hydrogen-bond donors (Lipinski definition) is 0. The number of aromatic nitrogens is 4. The predicted molar refractivity (Wildman–Crippen MR) is 95.5 cm³/mol. The molecule has 6 heteroatoms. The lowest BCUT2D eigenvalue weighted by Gasteiger charge is -2.41. The SMILES string of the molecule is CC(C)c1cc(N2CCC(N3CCCCC3)CC2)c2nncn2n1. The molecule has 0 aromatic carbocycles. The Bertz CT molecular complexity index is 680. The summed E-state index contributed by atoms with van der Waals surface area (Å²) in [5, 5.41) is 13.0. The maximum atomic E-state index is 4.64. The lowest BCUT2D eigenvalue weighted by molar-refractivity contribution is 0.141. The standard InChI is InChI=1S/C18H28N6/c1-14(2)16-12-17(18-20-19-13-24(18)21-16)23-10-6-15(7-11-23)22-8-4-3-5-9-22/h12-15H,3-11H2,1-2H3. The number of rotatable bonds is 3. The van der Waals surface area contributed by atoms with Gasteiger partial charge in [-0.1, -0.05) is 20.3 Å². The van der Waals surface area contributed by atoms with E-state index < -0.39 is 0 Å². The van der Waals surface area contributed by atoms with E-state index in [1.807, 2.05) is 4.52 Å². The third-order valence-electron chi connectivity index (χ3n) is 5.57. The van der Waals surface area contributed by atoms with Gasteiger partial charge in [0, 0.05) is 19.1 Å². The van der Waals surface area contributed by atoms with Crippen LogP contribution in [0.4, 0.5) is 5.69 Å². The van der Waals surface area contributed by atoms with Gasteiger partial charge in [-0.3, -0.25) is 0 Å². The summed E-state index contributed by atoms with van der Waals surface area (Å²) in [4.78, 5) is 5.21. The van der Waals surface area contributed by atoms with Crippen LogP contribution in [0.15, 0.2) is 12.4 Å². The summed E-state index contributed by atoms with van der Waals surface area (Å²) in [6.07, 6.45) is 8.38. The summed E-state index contributed by atoms with van der Waals surface area (Å²) in [7, 11) is 0. The Morgan fingerprint density at radius 2 is 1.79 bits per heavy atom. The van der Waals surface area contributed by atoms with Crippen LogP contribution in [-0.2, 0) is 0 Å². The Morgan fingerprint density at radius 1 is 1.04 bits per heavy atom. The smallest absolute Gasteiger partial charge is 0.200 e. The van der Waals surface area contributed by atoms with Crippen LogP contribution in [0.1, 0.15) is 57.6 Å². The molecule has 4 rings (SSSR count). The highest BCUT2D eigenvalue weighted by atomic mass is 15.4. The van der Waals surface area contributed by atoms with E-state index >= 15 is 0 Å². The van der Waals surface area contributed by atoms with Gasteiger partial charge in [0.2, 0.25) is 5.65 Å². The van der Waals surface area contributed by atoms with Crippen molar-refractivity contribution in [1.82, 2.24) is 24.7 Å². The molecule has 0 saturated carbocycles. The van der Waals surface area contributed by atoms with E-state index in [9.17, 15) is 0 Å². The molecule has 0 spiro atoms. The molecule has 0 amide bonds. The quantitative estimate of drug-likeness (QED) is 0.867. The molecule has 0 atom stereocenters. The topological polar surface area (TPSA) is 49.6 Å². The van der Waals surface area contributed by atoms with E-state index in [1.165, 1.54) is 50.9 Å². The van der Waals surface area contributed by atoms with Crippen molar-refractivity contribution in [1.29, 1.82) is 0 Å². The summed E-state index contributed by atoms with van der Waals surface area (Å²) in [5.41, 5.74) is 3.19. The molecule has 2 aromatic rings. The molecular weight excluding hydrogens is 300 g/mol. The number of likely N-dealkylation sites (tertiary alicyclic amines) is 1. The van der Waals surface area contributed by atoms with E-state index in [4.69, 9.17) is 0 Å². The van der Waals surface area contributed by atoms with E-state index in [0.717, 1.165) is 30.5 Å². The van der Waals surface area contributed by atoms with Gasteiger partial charge in [0.25, 0.3) is 0 Å². The predicted octanol–water partition coefficient (Wildman–Crippen LogP) is 2.70. The number of nitrogens with zero attached hydrogens (tertiary/aromatic N) is 6. The summed E-state index contributed by atoms with van der Waals surface area (Å²) in [6.45, 7) is 9.17. The number of fused-ring (bicyclic) bond motifs is 1. The van der Waals surface area contributed by atoms with Crippen molar-refractivity contribution in [2.45, 2.75) is 57.9 Å². The molecule has 6 nitrogen and oxygen atoms in total. The Labute approximate surface area is 143 Å². The zero-order valence-corrected chi connectivity index (χ0v) is 14.9. The van der Waals surface area contributed by atoms with Gasteiger partial charge in [0.05, 0.1) is 11.4 Å². The molecule has 0 aliphatic carbocycles. The highest BCUT2D eigenvalue weighted by Crippen LogP contribution is 2.28. The van der Waals surface area contributed by atoms with E-state index in [-0.39, 0.29) is 0 Å². The van der Waals surface area contributed by atoms with Crippen LogP contribution >= 0.6 is 0 Å². The molecule has 2 saturated heterocycles. The van der Waals surface area contributed by atoms with Crippen LogP contribution in [0.3, 0.4) is 0 Å². The molecule has 2 aromatic heterocycles. The van der Waals surface area contributed by atoms with Gasteiger partial charge in [0.1, 0.15) is 6.33 Å². The van der Waals surface area contributed by atoms with Gasteiger partial charge in [0.15, 0.2) is 0 Å². The lowest BCUT2D eigenvalue weighted by atomic mass is 9.99.